The summed E-state index contributed by atoms with van der Waals surface area (Å²) >= 11 is 6.14. The normalized spacial score (nSPS) is 17.7. The molecule has 31 heavy (non-hydrogen) atoms. The summed E-state index contributed by atoms with van der Waals surface area (Å²) in [4.78, 5) is 31.1. The fourth-order valence-electron chi connectivity index (χ4n) is 3.23. The molecule has 10 nitrogen and oxygen atoms in total. The Morgan fingerprint density at radius 2 is 2.16 bits per heavy atom. The molecule has 1 aromatic heterocycles. The number of carbonyl (C=O) groups is 2. The second kappa shape index (κ2) is 9.82. The number of nitrogens with zero attached hydrogens (tertiary/aromatic N) is 5. The summed E-state index contributed by atoms with van der Waals surface area (Å²) < 4.78 is 7.10. The molecule has 11 heteroatoms. The molecule has 3 rings (SSSR count). The van der Waals surface area contributed by atoms with Gasteiger partial charge in [0.25, 0.3) is 5.91 Å². The van der Waals surface area contributed by atoms with E-state index in [2.05, 4.69) is 15.5 Å². The summed E-state index contributed by atoms with van der Waals surface area (Å²) in [5.41, 5.74) is 7.11. The lowest BCUT2D eigenvalue weighted by Crippen LogP contribution is -2.50. The first kappa shape index (κ1) is 23.3. The predicted octanol–water partition coefficient (Wildman–Crippen LogP) is 1.49. The van der Waals surface area contributed by atoms with Gasteiger partial charge in [0.1, 0.15) is 18.4 Å². The highest BCUT2D eigenvalue weighted by molar-refractivity contribution is 6.30. The average Bonchev–Trinajstić information content (AvgIpc) is 3.41. The molecule has 1 aliphatic rings. The molecular formula is C20H27ClN6O4. The van der Waals surface area contributed by atoms with E-state index >= 15 is 0 Å². The number of aromatic nitrogens is 4. The highest BCUT2D eigenvalue weighted by Gasteiger charge is 2.37. The van der Waals surface area contributed by atoms with E-state index in [4.69, 9.17) is 26.9 Å². The van der Waals surface area contributed by atoms with Crippen LogP contribution in [0.15, 0.2) is 24.5 Å². The van der Waals surface area contributed by atoms with Gasteiger partial charge in [-0.05, 0) is 61.4 Å². The maximum atomic E-state index is 12.9. The van der Waals surface area contributed by atoms with E-state index < -0.39 is 23.6 Å². The van der Waals surface area contributed by atoms with Gasteiger partial charge < -0.3 is 10.5 Å². The van der Waals surface area contributed by atoms with Gasteiger partial charge in [-0.15, -0.1) is 5.10 Å². The molecule has 2 N–H and O–H groups in total. The third-order valence-corrected chi connectivity index (χ3v) is 5.02. The van der Waals surface area contributed by atoms with Gasteiger partial charge in [-0.25, -0.2) is 9.75 Å². The van der Waals surface area contributed by atoms with Crippen LogP contribution >= 0.6 is 11.6 Å². The van der Waals surface area contributed by atoms with Gasteiger partial charge in [0.05, 0.1) is 24.5 Å². The van der Waals surface area contributed by atoms with Crippen molar-refractivity contribution in [3.8, 4) is 5.69 Å². The number of ether oxygens (including phenoxy) is 1. The number of nitrogens with two attached hydrogens (primary N) is 1. The van der Waals surface area contributed by atoms with E-state index in [0.717, 1.165) is 16.3 Å². The number of amides is 1. The number of hydrogen-bond acceptors (Lipinski definition) is 8. The van der Waals surface area contributed by atoms with Crippen LogP contribution in [-0.2, 0) is 25.6 Å². The maximum Gasteiger partial charge on any atom is 0.266 e. The maximum absolute atomic E-state index is 12.9. The van der Waals surface area contributed by atoms with Crippen molar-refractivity contribution in [2.75, 3.05) is 13.2 Å². The van der Waals surface area contributed by atoms with Gasteiger partial charge in [0, 0.05) is 17.9 Å². The van der Waals surface area contributed by atoms with Crippen LogP contribution in [0.4, 0.5) is 0 Å². The Hall–Kier alpha value is -2.40. The Balaban J connectivity index is 1.64. The molecule has 0 saturated carbocycles. The van der Waals surface area contributed by atoms with Crippen LogP contribution < -0.4 is 5.73 Å². The van der Waals surface area contributed by atoms with E-state index in [0.29, 0.717) is 17.9 Å². The monoisotopic (exact) mass is 450 g/mol. The first-order chi connectivity index (χ1) is 14.7. The Kier molecular flexibility index (Phi) is 7.37. The third-order valence-electron chi connectivity index (χ3n) is 4.78. The number of ketones is 1. The van der Waals surface area contributed by atoms with Crippen LogP contribution in [0.1, 0.15) is 39.2 Å². The number of halogens is 1. The average molecular weight is 451 g/mol. The molecule has 168 valence electrons. The number of hydrogen-bond donors (Lipinski definition) is 1. The molecular weight excluding hydrogens is 424 g/mol. The second-order valence-corrected chi connectivity index (χ2v) is 8.76. The van der Waals surface area contributed by atoms with Crippen molar-refractivity contribution in [2.24, 2.45) is 5.73 Å². The minimum atomic E-state index is -0.910. The summed E-state index contributed by atoms with van der Waals surface area (Å²) in [5.74, 6) is -0.574. The summed E-state index contributed by atoms with van der Waals surface area (Å²) in [5, 5.41) is 12.8. The number of Topliss-reactive ketones (excluding diaryl/α,β-unsaturated/α-hetero) is 1. The molecule has 1 aliphatic heterocycles. The molecule has 0 unspecified atom stereocenters. The fourth-order valence-corrected chi connectivity index (χ4v) is 3.42. The van der Waals surface area contributed by atoms with Gasteiger partial charge in [0.15, 0.2) is 5.78 Å². The predicted molar refractivity (Wildman–Crippen MR) is 112 cm³/mol. The summed E-state index contributed by atoms with van der Waals surface area (Å²) in [6.45, 7) is 5.95. The molecule has 0 aliphatic carbocycles. The van der Waals surface area contributed by atoms with Crippen molar-refractivity contribution in [1.82, 2.24) is 25.3 Å². The molecule has 0 bridgehead atoms. The summed E-state index contributed by atoms with van der Waals surface area (Å²) in [6, 6.07) is 3.72. The Bertz CT molecular complexity index is 915. The van der Waals surface area contributed by atoms with Crippen LogP contribution in [0.5, 0.6) is 0 Å². The number of benzene rings is 1. The van der Waals surface area contributed by atoms with E-state index in [-0.39, 0.29) is 25.4 Å². The zero-order valence-electron chi connectivity index (χ0n) is 17.8. The zero-order valence-corrected chi connectivity index (χ0v) is 18.6. The lowest BCUT2D eigenvalue weighted by Gasteiger charge is -2.27. The topological polar surface area (TPSA) is 125 Å². The molecule has 1 saturated heterocycles. The highest BCUT2D eigenvalue weighted by atomic mass is 35.5. The van der Waals surface area contributed by atoms with Crippen molar-refractivity contribution < 1.29 is 19.2 Å². The van der Waals surface area contributed by atoms with Crippen molar-refractivity contribution >= 4 is 23.3 Å². The Labute approximate surface area is 185 Å². The van der Waals surface area contributed by atoms with Gasteiger partial charge in [-0.3, -0.25) is 14.4 Å². The number of rotatable bonds is 8. The molecule has 2 heterocycles. The van der Waals surface area contributed by atoms with Crippen LogP contribution in [0.25, 0.3) is 5.69 Å². The fraction of sp³-hybridized carbons (Fsp3) is 0.550. The number of carbonyl (C=O) groups excluding carboxylic acids is 2. The molecule has 0 spiro atoms. The minimum absolute atomic E-state index is 0.0426. The number of hydroxylamine groups is 2. The zero-order chi connectivity index (χ0) is 22.6. The van der Waals surface area contributed by atoms with Crippen molar-refractivity contribution in [1.29, 1.82) is 0 Å². The van der Waals surface area contributed by atoms with Gasteiger partial charge in [0.2, 0.25) is 0 Å². The molecule has 1 amide bonds. The lowest BCUT2D eigenvalue weighted by molar-refractivity contribution is -0.182. The quantitative estimate of drug-likeness (QED) is 0.641. The number of aryl methyl sites for hydroxylation is 1. The smallest absolute Gasteiger partial charge is 0.266 e. The lowest BCUT2D eigenvalue weighted by atomic mass is 10.0. The summed E-state index contributed by atoms with van der Waals surface area (Å²) in [6.07, 6.45) is 2.50. The second-order valence-electron chi connectivity index (χ2n) is 8.33. The molecule has 2 aromatic rings. The Morgan fingerprint density at radius 3 is 2.84 bits per heavy atom. The largest absolute Gasteiger partial charge is 0.374 e. The van der Waals surface area contributed by atoms with Gasteiger partial charge in [-0.1, -0.05) is 11.6 Å². The van der Waals surface area contributed by atoms with Crippen molar-refractivity contribution in [2.45, 2.75) is 57.7 Å². The first-order valence-corrected chi connectivity index (χ1v) is 10.4. The SMILES string of the molecule is CC(C)(C)OC[C@@H](N)C(=O)N1OCC[C@H]1C(=O)CCc1cc(Cl)ccc1-n1cnnn1. The van der Waals surface area contributed by atoms with Crippen molar-refractivity contribution in [3.05, 3.63) is 35.1 Å². The van der Waals surface area contributed by atoms with E-state index in [1.54, 1.807) is 18.2 Å². The number of tetrazole rings is 1. The summed E-state index contributed by atoms with van der Waals surface area (Å²) in [7, 11) is 0. The highest BCUT2D eigenvalue weighted by Crippen LogP contribution is 2.23. The van der Waals surface area contributed by atoms with E-state index in [1.165, 1.54) is 11.0 Å². The van der Waals surface area contributed by atoms with E-state index in [9.17, 15) is 9.59 Å². The minimum Gasteiger partial charge on any atom is -0.374 e. The molecule has 1 aromatic carbocycles. The van der Waals surface area contributed by atoms with Crippen LogP contribution in [0.3, 0.4) is 0 Å². The van der Waals surface area contributed by atoms with Crippen molar-refractivity contribution in [3.63, 3.8) is 0 Å². The first-order valence-electron chi connectivity index (χ1n) is 10.1. The van der Waals surface area contributed by atoms with Gasteiger partial charge in [-0.2, -0.15) is 0 Å². The van der Waals surface area contributed by atoms with Crippen LogP contribution in [-0.4, -0.2) is 67.9 Å². The van der Waals surface area contributed by atoms with E-state index in [1.807, 2.05) is 20.8 Å². The van der Waals surface area contributed by atoms with Crippen LogP contribution in [0.2, 0.25) is 5.02 Å². The van der Waals surface area contributed by atoms with Crippen LogP contribution in [0, 0.1) is 0 Å². The Morgan fingerprint density at radius 1 is 1.39 bits per heavy atom. The molecule has 1 fully saturated rings. The molecule has 0 radical (unpaired) electrons. The molecule has 2 atom stereocenters. The third kappa shape index (κ3) is 6.07. The standard InChI is InChI=1S/C20H27ClN6O4/c1-20(2,3)30-11-15(22)19(29)27-17(8-9-31-27)18(28)7-4-13-10-14(21)5-6-16(13)26-12-23-24-25-26/h5-6,10,12,15,17H,4,7-9,11,22H2,1-3H3/t15-,17+/m1/s1. The van der Waals surface area contributed by atoms with Gasteiger partial charge >= 0.3 is 0 Å².